The van der Waals surface area contributed by atoms with Crippen LogP contribution in [0.3, 0.4) is 0 Å². The predicted molar refractivity (Wildman–Crippen MR) is 121 cm³/mol. The number of ether oxygens (including phenoxy) is 2. The normalized spacial score (nSPS) is 10.8. The van der Waals surface area contributed by atoms with E-state index in [1.165, 1.54) is 6.07 Å². The molecule has 2 heterocycles. The fourth-order valence-electron chi connectivity index (χ4n) is 3.12. The Morgan fingerprint density at radius 2 is 1.72 bits per heavy atom. The number of rotatable bonds is 9. The van der Waals surface area contributed by atoms with Crippen LogP contribution in [0.1, 0.15) is 10.4 Å². The molecule has 4 aromatic rings. The average Bonchev–Trinajstić information content (AvgIpc) is 2.84. The van der Waals surface area contributed by atoms with Crippen molar-refractivity contribution in [1.29, 1.82) is 0 Å². The van der Waals surface area contributed by atoms with Gasteiger partial charge in [0, 0.05) is 36.1 Å². The number of benzene rings is 2. The van der Waals surface area contributed by atoms with Crippen molar-refractivity contribution < 1.29 is 18.7 Å². The van der Waals surface area contributed by atoms with E-state index in [-0.39, 0.29) is 11.3 Å². The Morgan fingerprint density at radius 3 is 2.53 bits per heavy atom. The number of nitrogens with one attached hydrogen (secondary N) is 1. The third-order valence-electron chi connectivity index (χ3n) is 4.74. The summed E-state index contributed by atoms with van der Waals surface area (Å²) in [6.07, 6.45) is 3.15. The molecule has 0 bridgehead atoms. The van der Waals surface area contributed by atoms with E-state index in [0.29, 0.717) is 54.4 Å². The van der Waals surface area contributed by atoms with E-state index >= 15 is 0 Å². The molecule has 32 heavy (non-hydrogen) atoms. The van der Waals surface area contributed by atoms with Crippen LogP contribution in [0.2, 0.25) is 0 Å². The SMILES string of the molecule is O=C(NCCOCCOc1ccc(-c2cc(=O)c3ccccc3o2)cc1)c1ccncc1. The number of aromatic nitrogens is 1. The first-order valence-electron chi connectivity index (χ1n) is 10.2. The lowest BCUT2D eigenvalue weighted by Crippen LogP contribution is -2.27. The maximum atomic E-state index is 12.3. The molecule has 7 nitrogen and oxygen atoms in total. The summed E-state index contributed by atoms with van der Waals surface area (Å²) in [5.74, 6) is 1.04. The Labute approximate surface area is 184 Å². The molecule has 0 spiro atoms. The second kappa shape index (κ2) is 10.4. The minimum Gasteiger partial charge on any atom is -0.491 e. The minimum absolute atomic E-state index is 0.0729. The maximum Gasteiger partial charge on any atom is 0.251 e. The number of fused-ring (bicyclic) bond motifs is 1. The van der Waals surface area contributed by atoms with Crippen molar-refractivity contribution in [1.82, 2.24) is 10.3 Å². The first kappa shape index (κ1) is 21.3. The second-order valence-corrected chi connectivity index (χ2v) is 6.95. The topological polar surface area (TPSA) is 90.7 Å². The lowest BCUT2D eigenvalue weighted by Gasteiger charge is -2.09. The molecule has 0 aliphatic heterocycles. The first-order chi connectivity index (χ1) is 15.7. The molecule has 0 aliphatic carbocycles. The number of para-hydroxylation sites is 1. The highest BCUT2D eigenvalue weighted by molar-refractivity contribution is 5.93. The van der Waals surface area contributed by atoms with E-state index in [1.807, 2.05) is 36.4 Å². The van der Waals surface area contributed by atoms with Crippen LogP contribution in [0, 0.1) is 0 Å². The van der Waals surface area contributed by atoms with E-state index in [0.717, 1.165) is 5.56 Å². The summed E-state index contributed by atoms with van der Waals surface area (Å²) in [5.41, 5.74) is 1.84. The molecule has 4 rings (SSSR count). The molecule has 7 heteroatoms. The number of pyridine rings is 1. The molecule has 1 N–H and O–H groups in total. The van der Waals surface area contributed by atoms with Crippen LogP contribution in [0.25, 0.3) is 22.3 Å². The maximum absolute atomic E-state index is 12.3. The summed E-state index contributed by atoms with van der Waals surface area (Å²) in [6, 6.07) is 19.3. The third-order valence-corrected chi connectivity index (χ3v) is 4.74. The standard InChI is InChI=1S/C25H22N2O5/c28-22-17-24(32-23-4-2-1-3-21(22)23)18-5-7-20(8-6-18)31-16-15-30-14-13-27-25(29)19-9-11-26-12-10-19/h1-12,17H,13-16H2,(H,27,29). The van der Waals surface area contributed by atoms with Gasteiger partial charge in [-0.1, -0.05) is 12.1 Å². The fourth-order valence-corrected chi connectivity index (χ4v) is 3.12. The quantitative estimate of drug-likeness (QED) is 0.408. The van der Waals surface area contributed by atoms with Gasteiger partial charge in [-0.2, -0.15) is 0 Å². The Kier molecular flexibility index (Phi) is 6.89. The summed E-state index contributed by atoms with van der Waals surface area (Å²) in [7, 11) is 0. The molecule has 0 aliphatic rings. The predicted octanol–water partition coefficient (Wildman–Crippen LogP) is 3.68. The lowest BCUT2D eigenvalue weighted by atomic mass is 10.1. The summed E-state index contributed by atoms with van der Waals surface area (Å²) in [5, 5.41) is 3.34. The number of amides is 1. The minimum atomic E-state index is -0.158. The van der Waals surface area contributed by atoms with Crippen LogP contribution in [-0.2, 0) is 4.74 Å². The van der Waals surface area contributed by atoms with Crippen molar-refractivity contribution in [3.63, 3.8) is 0 Å². The molecular weight excluding hydrogens is 408 g/mol. The molecule has 0 saturated carbocycles. The van der Waals surface area contributed by atoms with E-state index in [1.54, 1.807) is 36.7 Å². The molecule has 2 aromatic heterocycles. The molecule has 2 aromatic carbocycles. The molecule has 0 saturated heterocycles. The van der Waals surface area contributed by atoms with Crippen molar-refractivity contribution in [3.8, 4) is 17.1 Å². The van der Waals surface area contributed by atoms with Gasteiger partial charge in [0.2, 0.25) is 0 Å². The first-order valence-corrected chi connectivity index (χ1v) is 10.2. The summed E-state index contributed by atoms with van der Waals surface area (Å²) in [6.45, 7) is 1.57. The van der Waals surface area contributed by atoms with Crippen LogP contribution in [0.4, 0.5) is 0 Å². The Balaban J connectivity index is 1.20. The van der Waals surface area contributed by atoms with Crippen LogP contribution in [0.15, 0.2) is 88.3 Å². The largest absolute Gasteiger partial charge is 0.491 e. The van der Waals surface area contributed by atoms with E-state index in [4.69, 9.17) is 13.9 Å². The van der Waals surface area contributed by atoms with Crippen LogP contribution in [0.5, 0.6) is 5.75 Å². The van der Waals surface area contributed by atoms with Crippen molar-refractivity contribution >= 4 is 16.9 Å². The zero-order valence-corrected chi connectivity index (χ0v) is 17.3. The summed E-state index contributed by atoms with van der Waals surface area (Å²) < 4.78 is 17.0. The Bertz CT molecular complexity index is 1240. The van der Waals surface area contributed by atoms with Crippen LogP contribution in [-0.4, -0.2) is 37.3 Å². The highest BCUT2D eigenvalue weighted by atomic mass is 16.5. The molecule has 0 radical (unpaired) electrons. The molecule has 0 unspecified atom stereocenters. The van der Waals surface area contributed by atoms with E-state index in [9.17, 15) is 9.59 Å². The van der Waals surface area contributed by atoms with Gasteiger partial charge in [0.15, 0.2) is 5.43 Å². The molecule has 0 fully saturated rings. The highest BCUT2D eigenvalue weighted by Gasteiger charge is 2.07. The zero-order chi connectivity index (χ0) is 22.2. The average molecular weight is 430 g/mol. The highest BCUT2D eigenvalue weighted by Crippen LogP contribution is 2.24. The van der Waals surface area contributed by atoms with Gasteiger partial charge in [0.1, 0.15) is 23.7 Å². The monoisotopic (exact) mass is 430 g/mol. The van der Waals surface area contributed by atoms with Crippen molar-refractivity contribution in [3.05, 3.63) is 94.9 Å². The number of carbonyl (C=O) groups is 1. The number of hydrogen-bond acceptors (Lipinski definition) is 6. The van der Waals surface area contributed by atoms with Gasteiger partial charge < -0.3 is 19.2 Å². The van der Waals surface area contributed by atoms with Gasteiger partial charge in [0.05, 0.1) is 18.6 Å². The number of hydrogen-bond donors (Lipinski definition) is 1. The molecule has 162 valence electrons. The van der Waals surface area contributed by atoms with Gasteiger partial charge in [-0.3, -0.25) is 14.6 Å². The van der Waals surface area contributed by atoms with Crippen molar-refractivity contribution in [2.75, 3.05) is 26.4 Å². The van der Waals surface area contributed by atoms with E-state index < -0.39 is 0 Å². The Hall–Kier alpha value is -3.97. The number of carbonyl (C=O) groups excluding carboxylic acids is 1. The zero-order valence-electron chi connectivity index (χ0n) is 17.3. The second-order valence-electron chi connectivity index (χ2n) is 6.95. The molecule has 0 atom stereocenters. The van der Waals surface area contributed by atoms with Gasteiger partial charge in [-0.15, -0.1) is 0 Å². The smallest absolute Gasteiger partial charge is 0.251 e. The number of nitrogens with zero attached hydrogens (tertiary/aromatic N) is 1. The summed E-state index contributed by atoms with van der Waals surface area (Å²) >= 11 is 0. The fraction of sp³-hybridized carbons (Fsp3) is 0.160. The van der Waals surface area contributed by atoms with Crippen molar-refractivity contribution in [2.45, 2.75) is 0 Å². The van der Waals surface area contributed by atoms with Crippen molar-refractivity contribution in [2.24, 2.45) is 0 Å². The Morgan fingerprint density at radius 1 is 0.938 bits per heavy atom. The van der Waals surface area contributed by atoms with Crippen LogP contribution < -0.4 is 15.5 Å². The van der Waals surface area contributed by atoms with E-state index in [2.05, 4.69) is 10.3 Å². The molecule has 1 amide bonds. The lowest BCUT2D eigenvalue weighted by molar-refractivity contribution is 0.0867. The van der Waals surface area contributed by atoms with Gasteiger partial charge in [0.25, 0.3) is 5.91 Å². The summed E-state index contributed by atoms with van der Waals surface area (Å²) in [4.78, 5) is 28.0. The molecular formula is C25H22N2O5. The van der Waals surface area contributed by atoms with Gasteiger partial charge in [-0.05, 0) is 48.5 Å². The van der Waals surface area contributed by atoms with Gasteiger partial charge in [-0.25, -0.2) is 0 Å². The third kappa shape index (κ3) is 5.39. The van der Waals surface area contributed by atoms with Gasteiger partial charge >= 0.3 is 0 Å². The van der Waals surface area contributed by atoms with Crippen LogP contribution >= 0.6 is 0 Å².